The van der Waals surface area contributed by atoms with E-state index in [-0.39, 0.29) is 29.5 Å². The molecule has 0 radical (unpaired) electrons. The molecule has 2 aromatic carbocycles. The molecule has 1 saturated heterocycles. The first-order valence-corrected chi connectivity index (χ1v) is 10.5. The Bertz CT molecular complexity index is 1140. The molecule has 2 amide bonds. The van der Waals surface area contributed by atoms with E-state index in [0.29, 0.717) is 18.6 Å². The van der Waals surface area contributed by atoms with Crippen molar-refractivity contribution in [1.29, 1.82) is 0 Å². The van der Waals surface area contributed by atoms with Crippen LogP contribution in [0.5, 0.6) is 0 Å². The molecule has 3 aromatic rings. The average molecular weight is 439 g/mol. The molecule has 0 saturated carbocycles. The van der Waals surface area contributed by atoms with Crippen molar-refractivity contribution in [3.05, 3.63) is 54.1 Å². The number of fused-ring (bicyclic) bond motifs is 1. The number of benzene rings is 2. The Kier molecular flexibility index (Phi) is 5.84. The maximum Gasteiger partial charge on any atom is 0.405 e. The third-order valence-electron chi connectivity index (χ3n) is 6.06. The van der Waals surface area contributed by atoms with Crippen LogP contribution in [0.25, 0.3) is 22.2 Å². The summed E-state index contributed by atoms with van der Waals surface area (Å²) in [6.07, 6.45) is -0.298. The van der Waals surface area contributed by atoms with Gasteiger partial charge in [-0.15, -0.1) is 0 Å². The van der Waals surface area contributed by atoms with Gasteiger partial charge in [0.2, 0.25) is 0 Å². The fourth-order valence-corrected chi connectivity index (χ4v) is 4.14. The molecule has 5 N–H and O–H groups in total. The molecule has 0 bridgehead atoms. The maximum atomic E-state index is 13.2. The van der Waals surface area contributed by atoms with E-state index in [9.17, 15) is 14.0 Å². The highest BCUT2D eigenvalue weighted by Crippen LogP contribution is 2.26. The zero-order valence-corrected chi connectivity index (χ0v) is 17.9. The van der Waals surface area contributed by atoms with E-state index in [1.54, 1.807) is 12.1 Å². The van der Waals surface area contributed by atoms with Gasteiger partial charge in [-0.25, -0.2) is 14.2 Å². The Morgan fingerprint density at radius 2 is 1.91 bits per heavy atom. The van der Waals surface area contributed by atoms with E-state index in [1.165, 1.54) is 12.1 Å². The second-order valence-electron chi connectivity index (χ2n) is 8.72. The first-order valence-electron chi connectivity index (χ1n) is 10.5. The predicted molar refractivity (Wildman–Crippen MR) is 119 cm³/mol. The molecule has 32 heavy (non-hydrogen) atoms. The zero-order chi connectivity index (χ0) is 22.9. The van der Waals surface area contributed by atoms with Crippen molar-refractivity contribution in [2.75, 3.05) is 13.1 Å². The lowest BCUT2D eigenvalue weighted by Gasteiger charge is -2.31. The second-order valence-corrected chi connectivity index (χ2v) is 8.72. The number of imidazole rings is 1. The van der Waals surface area contributed by atoms with Crippen LogP contribution in [-0.4, -0.2) is 51.7 Å². The van der Waals surface area contributed by atoms with Crippen LogP contribution >= 0.6 is 0 Å². The van der Waals surface area contributed by atoms with Gasteiger partial charge in [0.05, 0.1) is 11.0 Å². The van der Waals surface area contributed by atoms with Crippen LogP contribution in [0.1, 0.15) is 30.9 Å². The largest absolute Gasteiger partial charge is 0.465 e. The number of amides is 2. The number of nitrogens with one attached hydrogen (secondary N) is 4. The molecule has 2 atom stereocenters. The summed E-state index contributed by atoms with van der Waals surface area (Å²) in [6.45, 7) is 4.81. The third-order valence-corrected chi connectivity index (χ3v) is 6.06. The van der Waals surface area contributed by atoms with E-state index in [1.807, 2.05) is 32.0 Å². The summed E-state index contributed by atoms with van der Waals surface area (Å²) in [5, 5.41) is 17.8. The van der Waals surface area contributed by atoms with Gasteiger partial charge in [-0.05, 0) is 61.6 Å². The molecule has 0 spiro atoms. The summed E-state index contributed by atoms with van der Waals surface area (Å²) in [6, 6.07) is 11.9. The summed E-state index contributed by atoms with van der Waals surface area (Å²) >= 11 is 0. The van der Waals surface area contributed by atoms with Gasteiger partial charge >= 0.3 is 6.09 Å². The van der Waals surface area contributed by atoms with Crippen molar-refractivity contribution in [3.63, 3.8) is 0 Å². The number of rotatable bonds is 6. The molecule has 4 rings (SSSR count). The zero-order valence-electron chi connectivity index (χ0n) is 17.9. The maximum absolute atomic E-state index is 13.2. The van der Waals surface area contributed by atoms with Gasteiger partial charge in [0.1, 0.15) is 5.82 Å². The van der Waals surface area contributed by atoms with Crippen molar-refractivity contribution in [2.24, 2.45) is 5.92 Å². The quantitative estimate of drug-likeness (QED) is 0.404. The molecule has 1 aliphatic rings. The molecule has 1 aliphatic heterocycles. The highest BCUT2D eigenvalue weighted by molar-refractivity contribution is 5.95. The van der Waals surface area contributed by atoms with Crippen molar-refractivity contribution >= 4 is 23.0 Å². The number of H-pyrrole nitrogens is 1. The Morgan fingerprint density at radius 3 is 2.62 bits per heavy atom. The number of hydrogen-bond donors (Lipinski definition) is 5. The van der Waals surface area contributed by atoms with Crippen LogP contribution in [0.3, 0.4) is 0 Å². The highest BCUT2D eigenvalue weighted by atomic mass is 19.1. The molecular formula is C23H26FN5O3. The first kappa shape index (κ1) is 21.8. The van der Waals surface area contributed by atoms with E-state index < -0.39 is 11.6 Å². The fraction of sp³-hybridized carbons (Fsp3) is 0.348. The van der Waals surface area contributed by atoms with E-state index in [0.717, 1.165) is 23.1 Å². The van der Waals surface area contributed by atoms with Crippen molar-refractivity contribution in [1.82, 2.24) is 25.9 Å². The molecule has 0 aliphatic carbocycles. The summed E-state index contributed by atoms with van der Waals surface area (Å²) in [5.74, 6) is -0.256. The van der Waals surface area contributed by atoms with Gasteiger partial charge in [-0.3, -0.25) is 4.79 Å². The van der Waals surface area contributed by atoms with Gasteiger partial charge < -0.3 is 26.0 Å². The number of nitrogens with zero attached hydrogens (tertiary/aromatic N) is 1. The third kappa shape index (κ3) is 4.72. The fourth-order valence-electron chi connectivity index (χ4n) is 4.14. The van der Waals surface area contributed by atoms with E-state index in [4.69, 9.17) is 5.11 Å². The van der Waals surface area contributed by atoms with Gasteiger partial charge in [0.15, 0.2) is 5.82 Å². The summed E-state index contributed by atoms with van der Waals surface area (Å²) in [5.41, 5.74) is 2.60. The summed E-state index contributed by atoms with van der Waals surface area (Å²) in [7, 11) is 0. The van der Waals surface area contributed by atoms with Crippen LogP contribution in [0.15, 0.2) is 42.5 Å². The average Bonchev–Trinajstić information content (AvgIpc) is 3.38. The minimum atomic E-state index is -1.04. The Hall–Kier alpha value is -3.46. The summed E-state index contributed by atoms with van der Waals surface area (Å²) < 4.78 is 13.2. The number of hydrogen-bond acceptors (Lipinski definition) is 4. The molecule has 1 aromatic heterocycles. The molecule has 8 nitrogen and oxygen atoms in total. The smallest absolute Gasteiger partial charge is 0.405 e. The molecule has 1 fully saturated rings. The van der Waals surface area contributed by atoms with Crippen molar-refractivity contribution < 1.29 is 19.1 Å². The predicted octanol–water partition coefficient (Wildman–Crippen LogP) is 3.12. The lowest BCUT2D eigenvalue weighted by atomic mass is 9.85. The normalized spacial score (nSPS) is 18.6. The number of aromatic nitrogens is 2. The lowest BCUT2D eigenvalue weighted by Crippen LogP contribution is -2.49. The van der Waals surface area contributed by atoms with E-state index in [2.05, 4.69) is 25.9 Å². The Labute approximate surface area is 184 Å². The number of halogens is 1. The Balaban J connectivity index is 1.38. The van der Waals surface area contributed by atoms with Crippen molar-refractivity contribution in [3.8, 4) is 11.1 Å². The van der Waals surface area contributed by atoms with Gasteiger partial charge in [0, 0.05) is 24.7 Å². The molecule has 9 heteroatoms. The van der Waals surface area contributed by atoms with Crippen LogP contribution < -0.4 is 16.0 Å². The molecule has 2 heterocycles. The van der Waals surface area contributed by atoms with Crippen LogP contribution in [-0.2, 0) is 0 Å². The molecule has 1 unspecified atom stereocenters. The van der Waals surface area contributed by atoms with Gasteiger partial charge in [-0.1, -0.05) is 18.2 Å². The van der Waals surface area contributed by atoms with Crippen molar-refractivity contribution in [2.45, 2.75) is 31.8 Å². The second kappa shape index (κ2) is 8.58. The Morgan fingerprint density at radius 1 is 1.19 bits per heavy atom. The first-order chi connectivity index (χ1) is 15.2. The van der Waals surface area contributed by atoms with Crippen LogP contribution in [0.2, 0.25) is 0 Å². The minimum Gasteiger partial charge on any atom is -0.465 e. The summed E-state index contributed by atoms with van der Waals surface area (Å²) in [4.78, 5) is 31.0. The molecular weight excluding hydrogens is 413 g/mol. The SMILES string of the molecule is CC(C)(NC(=O)O)[C@@H]1CNC(CNC(=O)c2nc3ccc(-c4ccc(F)cc4)cc3[nH]2)C1. The minimum absolute atomic E-state index is 0.0493. The number of aromatic amines is 1. The topological polar surface area (TPSA) is 119 Å². The van der Waals surface area contributed by atoms with Crippen LogP contribution in [0, 0.1) is 11.7 Å². The van der Waals surface area contributed by atoms with Gasteiger partial charge in [0.25, 0.3) is 5.91 Å². The van der Waals surface area contributed by atoms with E-state index >= 15 is 0 Å². The monoisotopic (exact) mass is 439 g/mol. The lowest BCUT2D eigenvalue weighted by molar-refractivity contribution is 0.0941. The number of carbonyl (C=O) groups is 2. The molecule has 168 valence electrons. The number of carbonyl (C=O) groups excluding carboxylic acids is 1. The highest BCUT2D eigenvalue weighted by Gasteiger charge is 2.37. The number of carboxylic acid groups (broad SMARTS) is 1. The van der Waals surface area contributed by atoms with Gasteiger partial charge in [-0.2, -0.15) is 0 Å². The standard InChI is InChI=1S/C23H26FN5O3/c1-23(2,29-22(31)32)15-10-17(25-11-15)12-26-21(30)20-27-18-8-5-14(9-19(18)28-20)13-3-6-16(24)7-4-13/h3-9,15,17,25,29H,10-12H2,1-2H3,(H,26,30)(H,27,28)(H,31,32)/t15-,17?/m0/s1. The van der Waals surface area contributed by atoms with Crippen LogP contribution in [0.4, 0.5) is 9.18 Å².